The van der Waals surface area contributed by atoms with Crippen LogP contribution in [0.15, 0.2) is 29.8 Å². The molecule has 1 aromatic rings. The van der Waals surface area contributed by atoms with Crippen molar-refractivity contribution in [1.82, 2.24) is 0 Å². The van der Waals surface area contributed by atoms with Gasteiger partial charge in [0.25, 0.3) is 0 Å². The summed E-state index contributed by atoms with van der Waals surface area (Å²) >= 11 is 0. The molecule has 0 saturated heterocycles. The molecular formula is C17H22N2O4. The summed E-state index contributed by atoms with van der Waals surface area (Å²) in [6.45, 7) is 5.19. The van der Waals surface area contributed by atoms with Crippen LogP contribution in [0.25, 0.3) is 0 Å². The Kier molecular flexibility index (Phi) is 4.47. The zero-order valence-electron chi connectivity index (χ0n) is 13.5. The summed E-state index contributed by atoms with van der Waals surface area (Å²) in [6, 6.07) is 4.45. The zero-order valence-corrected chi connectivity index (χ0v) is 13.5. The molecule has 2 rings (SSSR count). The molecule has 1 aliphatic carbocycles. The number of esters is 1. The van der Waals surface area contributed by atoms with Crippen LogP contribution in [0.1, 0.15) is 37.6 Å². The molecule has 23 heavy (non-hydrogen) atoms. The van der Waals surface area contributed by atoms with Crippen molar-refractivity contribution in [3.63, 3.8) is 0 Å². The van der Waals surface area contributed by atoms with Crippen molar-refractivity contribution in [3.8, 4) is 0 Å². The van der Waals surface area contributed by atoms with Gasteiger partial charge in [-0.15, -0.1) is 0 Å². The van der Waals surface area contributed by atoms with E-state index >= 15 is 0 Å². The molecule has 0 radical (unpaired) electrons. The number of carbonyl (C=O) groups excluding carboxylic acids is 2. The number of hydrogen-bond donors (Lipinski definition) is 3. The third-order valence-electron chi connectivity index (χ3n) is 4.15. The summed E-state index contributed by atoms with van der Waals surface area (Å²) < 4.78 is 5.40. The Hall–Kier alpha value is -2.34. The van der Waals surface area contributed by atoms with Gasteiger partial charge in [0.15, 0.2) is 5.78 Å². The minimum atomic E-state index is -0.987. The lowest BCUT2D eigenvalue weighted by atomic mass is 9.80. The first kappa shape index (κ1) is 17.0. The number of aliphatic hydroxyl groups is 1. The van der Waals surface area contributed by atoms with Gasteiger partial charge in [-0.2, -0.15) is 0 Å². The highest BCUT2D eigenvalue weighted by Gasteiger charge is 2.40. The molecule has 0 spiro atoms. The van der Waals surface area contributed by atoms with E-state index in [0.29, 0.717) is 11.3 Å². The van der Waals surface area contributed by atoms with Gasteiger partial charge in [-0.25, -0.2) is 4.79 Å². The summed E-state index contributed by atoms with van der Waals surface area (Å²) in [5.74, 6) is -0.695. The Balaban J connectivity index is 2.27. The minimum absolute atomic E-state index is 0.0654. The first-order chi connectivity index (χ1) is 10.6. The van der Waals surface area contributed by atoms with Gasteiger partial charge < -0.3 is 21.3 Å². The van der Waals surface area contributed by atoms with E-state index in [1.54, 1.807) is 20.8 Å². The van der Waals surface area contributed by atoms with E-state index < -0.39 is 23.6 Å². The van der Waals surface area contributed by atoms with Crippen molar-refractivity contribution in [2.75, 3.05) is 11.5 Å². The number of rotatable bonds is 2. The first-order valence-electron chi connectivity index (χ1n) is 7.37. The number of nitrogen functional groups attached to an aromatic ring is 2. The van der Waals surface area contributed by atoms with E-state index in [1.165, 1.54) is 24.3 Å². The summed E-state index contributed by atoms with van der Waals surface area (Å²) in [5.41, 5.74) is 12.0. The lowest BCUT2D eigenvalue weighted by Crippen LogP contribution is -2.40. The van der Waals surface area contributed by atoms with E-state index in [1.807, 2.05) is 0 Å². The summed E-state index contributed by atoms with van der Waals surface area (Å²) in [4.78, 5) is 24.3. The fraction of sp³-hybridized carbons (Fsp3) is 0.412. The number of allylic oxidation sites excluding steroid dienone is 1. The molecule has 0 bridgehead atoms. The van der Waals surface area contributed by atoms with Crippen molar-refractivity contribution in [2.45, 2.75) is 39.4 Å². The number of carbonyl (C=O) groups is 2. The van der Waals surface area contributed by atoms with Gasteiger partial charge in [-0.05, 0) is 36.8 Å². The SMILES string of the molecule is CC1=CC(OC(=O)c2ccc(N)c(N)c2)C(O)C(C)(C)CC1=O. The van der Waals surface area contributed by atoms with Gasteiger partial charge in [-0.3, -0.25) is 4.79 Å². The zero-order chi connectivity index (χ0) is 17.4. The van der Waals surface area contributed by atoms with Crippen LogP contribution < -0.4 is 11.5 Å². The van der Waals surface area contributed by atoms with E-state index in [0.717, 1.165) is 0 Å². The van der Waals surface area contributed by atoms with Crippen LogP contribution in [-0.4, -0.2) is 29.1 Å². The van der Waals surface area contributed by atoms with Crippen LogP contribution in [-0.2, 0) is 9.53 Å². The standard InChI is InChI=1S/C17H22N2O4/c1-9-6-14(15(21)17(2,3)8-13(9)20)23-16(22)10-4-5-11(18)12(19)7-10/h4-7,14-15,21H,8,18-19H2,1-3H3. The molecule has 124 valence electrons. The average molecular weight is 318 g/mol. The number of hydrogen-bond acceptors (Lipinski definition) is 6. The van der Waals surface area contributed by atoms with Crippen LogP contribution in [0.3, 0.4) is 0 Å². The number of anilines is 2. The normalized spacial score (nSPS) is 23.8. The fourth-order valence-corrected chi connectivity index (χ4v) is 2.52. The van der Waals surface area contributed by atoms with E-state index in [2.05, 4.69) is 0 Å². The van der Waals surface area contributed by atoms with Crippen LogP contribution in [0.5, 0.6) is 0 Å². The first-order valence-corrected chi connectivity index (χ1v) is 7.37. The molecule has 6 heteroatoms. The van der Waals surface area contributed by atoms with Gasteiger partial charge in [0.2, 0.25) is 0 Å². The maximum Gasteiger partial charge on any atom is 0.338 e. The Morgan fingerprint density at radius 3 is 2.57 bits per heavy atom. The van der Waals surface area contributed by atoms with Crippen LogP contribution in [0.2, 0.25) is 0 Å². The largest absolute Gasteiger partial charge is 0.452 e. The monoisotopic (exact) mass is 318 g/mol. The molecular weight excluding hydrogens is 296 g/mol. The summed E-state index contributed by atoms with van der Waals surface area (Å²) in [6.07, 6.45) is -0.193. The minimum Gasteiger partial charge on any atom is -0.452 e. The second-order valence-electron chi connectivity index (χ2n) is 6.60. The van der Waals surface area contributed by atoms with Gasteiger partial charge in [-0.1, -0.05) is 13.8 Å². The second kappa shape index (κ2) is 6.04. The average Bonchev–Trinajstić information content (AvgIpc) is 2.53. The number of Topliss-reactive ketones (excluding diaryl/α,β-unsaturated/α-hetero) is 1. The third-order valence-corrected chi connectivity index (χ3v) is 4.15. The predicted molar refractivity (Wildman–Crippen MR) is 87.6 cm³/mol. The molecule has 0 saturated carbocycles. The number of ether oxygens (including phenoxy) is 1. The van der Waals surface area contributed by atoms with Gasteiger partial charge in [0, 0.05) is 11.8 Å². The highest BCUT2D eigenvalue weighted by Crippen LogP contribution is 2.34. The maximum absolute atomic E-state index is 12.3. The Morgan fingerprint density at radius 1 is 1.30 bits per heavy atom. The topological polar surface area (TPSA) is 116 Å². The van der Waals surface area contributed by atoms with Gasteiger partial charge in [0.1, 0.15) is 12.2 Å². The third kappa shape index (κ3) is 3.53. The molecule has 0 heterocycles. The van der Waals surface area contributed by atoms with E-state index in [4.69, 9.17) is 16.2 Å². The van der Waals surface area contributed by atoms with Crippen LogP contribution >= 0.6 is 0 Å². The van der Waals surface area contributed by atoms with Crippen molar-refractivity contribution in [3.05, 3.63) is 35.4 Å². The smallest absolute Gasteiger partial charge is 0.338 e. The van der Waals surface area contributed by atoms with Crippen molar-refractivity contribution < 1.29 is 19.4 Å². The molecule has 2 atom stereocenters. The highest BCUT2D eigenvalue weighted by molar-refractivity contribution is 5.96. The molecule has 0 aliphatic heterocycles. The lowest BCUT2D eigenvalue weighted by Gasteiger charge is -2.32. The molecule has 0 aromatic heterocycles. The lowest BCUT2D eigenvalue weighted by molar-refractivity contribution is -0.119. The molecule has 0 amide bonds. The quantitative estimate of drug-likeness (QED) is 0.564. The molecule has 0 fully saturated rings. The van der Waals surface area contributed by atoms with Gasteiger partial charge >= 0.3 is 5.97 Å². The number of aliphatic hydroxyl groups excluding tert-OH is 1. The van der Waals surface area contributed by atoms with E-state index in [-0.39, 0.29) is 23.5 Å². The summed E-state index contributed by atoms with van der Waals surface area (Å²) in [5, 5.41) is 10.5. The molecule has 6 nitrogen and oxygen atoms in total. The van der Waals surface area contributed by atoms with Gasteiger partial charge in [0.05, 0.1) is 16.9 Å². The number of nitrogens with two attached hydrogens (primary N) is 2. The van der Waals surface area contributed by atoms with Crippen molar-refractivity contribution in [1.29, 1.82) is 0 Å². The Morgan fingerprint density at radius 2 is 1.96 bits per heavy atom. The molecule has 2 unspecified atom stereocenters. The number of ketones is 1. The maximum atomic E-state index is 12.3. The van der Waals surface area contributed by atoms with Crippen molar-refractivity contribution >= 4 is 23.1 Å². The van der Waals surface area contributed by atoms with Crippen molar-refractivity contribution in [2.24, 2.45) is 5.41 Å². The molecule has 1 aromatic carbocycles. The number of benzene rings is 1. The Bertz CT molecular complexity index is 679. The summed E-state index contributed by atoms with van der Waals surface area (Å²) in [7, 11) is 0. The van der Waals surface area contributed by atoms with Crippen LogP contribution in [0, 0.1) is 5.41 Å². The Labute approximate surface area is 135 Å². The van der Waals surface area contributed by atoms with E-state index in [9.17, 15) is 14.7 Å². The fourth-order valence-electron chi connectivity index (χ4n) is 2.52. The predicted octanol–water partition coefficient (Wildman–Crippen LogP) is 1.68. The van der Waals surface area contributed by atoms with Crippen LogP contribution in [0.4, 0.5) is 11.4 Å². The second-order valence-corrected chi connectivity index (χ2v) is 6.60. The molecule has 1 aliphatic rings. The highest BCUT2D eigenvalue weighted by atomic mass is 16.6. The molecule has 5 N–H and O–H groups in total.